The van der Waals surface area contributed by atoms with Crippen LogP contribution >= 0.6 is 22.7 Å². The van der Waals surface area contributed by atoms with Gasteiger partial charge in [-0.1, -0.05) is 78.9 Å². The van der Waals surface area contributed by atoms with Crippen LogP contribution in [-0.2, 0) is 0 Å². The van der Waals surface area contributed by atoms with Gasteiger partial charge in [0.15, 0.2) is 0 Å². The number of thiophene rings is 2. The van der Waals surface area contributed by atoms with E-state index in [2.05, 4.69) is 131 Å². The van der Waals surface area contributed by atoms with E-state index in [-0.39, 0.29) is 0 Å². The number of para-hydroxylation sites is 1. The molecule has 47 heavy (non-hydrogen) atoms. The molecule has 0 N–H and O–H groups in total. The number of aromatic nitrogens is 3. The zero-order valence-electron chi connectivity index (χ0n) is 24.9. The van der Waals surface area contributed by atoms with Crippen LogP contribution in [-0.4, -0.2) is 14.5 Å². The Morgan fingerprint density at radius 3 is 2.17 bits per heavy atom. The summed E-state index contributed by atoms with van der Waals surface area (Å²) in [6.45, 7) is 0. The van der Waals surface area contributed by atoms with E-state index in [1.54, 1.807) is 0 Å². The summed E-state index contributed by atoms with van der Waals surface area (Å²) in [5, 5.41) is 9.93. The highest BCUT2D eigenvalue weighted by Crippen LogP contribution is 2.48. The number of benzene rings is 6. The van der Waals surface area contributed by atoms with Crippen LogP contribution in [0.2, 0.25) is 0 Å². The van der Waals surface area contributed by atoms with Crippen molar-refractivity contribution in [2.24, 2.45) is 0 Å². The van der Waals surface area contributed by atoms with Crippen molar-refractivity contribution in [1.82, 2.24) is 14.5 Å². The molecule has 0 saturated heterocycles. The number of hydrogen-bond acceptors (Lipinski definition) is 4. The molecule has 5 heterocycles. The fraction of sp³-hybridized carbons (Fsp3) is 0. The molecule has 0 fully saturated rings. The molecule has 0 aliphatic carbocycles. The smallest absolute Gasteiger partial charge is 0.0966 e. The number of hydrogen-bond donors (Lipinski definition) is 0. The summed E-state index contributed by atoms with van der Waals surface area (Å²) < 4.78 is 7.68. The summed E-state index contributed by atoms with van der Waals surface area (Å²) in [5.74, 6) is 0. The monoisotopic (exact) mass is 633 g/mol. The first kappa shape index (κ1) is 25.6. The average Bonchev–Trinajstić information content (AvgIpc) is 3.80. The summed E-state index contributed by atoms with van der Waals surface area (Å²) in [4.78, 5) is 9.71. The van der Waals surface area contributed by atoms with Crippen molar-refractivity contribution in [3.8, 4) is 16.8 Å². The van der Waals surface area contributed by atoms with Gasteiger partial charge < -0.3 is 4.57 Å². The van der Waals surface area contributed by atoms with Crippen molar-refractivity contribution in [2.45, 2.75) is 0 Å². The zero-order valence-corrected chi connectivity index (χ0v) is 26.6. The van der Waals surface area contributed by atoms with Gasteiger partial charge in [0.2, 0.25) is 0 Å². The second kappa shape index (κ2) is 9.46. The van der Waals surface area contributed by atoms with Gasteiger partial charge in [-0.2, -0.15) is 0 Å². The fourth-order valence-corrected chi connectivity index (χ4v) is 9.92. The van der Waals surface area contributed by atoms with Gasteiger partial charge in [-0.3, -0.25) is 9.97 Å². The Labute approximate surface area is 276 Å². The maximum atomic E-state index is 5.04. The molecule has 0 aliphatic heterocycles. The van der Waals surface area contributed by atoms with E-state index in [1.807, 2.05) is 41.1 Å². The molecule has 0 unspecified atom stereocenters. The quantitative estimate of drug-likeness (QED) is 0.177. The lowest BCUT2D eigenvalue weighted by atomic mass is 9.95. The maximum absolute atomic E-state index is 5.04. The Morgan fingerprint density at radius 2 is 1.26 bits per heavy atom. The van der Waals surface area contributed by atoms with Crippen LogP contribution in [0.1, 0.15) is 0 Å². The van der Waals surface area contributed by atoms with E-state index in [0.29, 0.717) is 0 Å². The molecule has 0 bridgehead atoms. The standard InChI is InChI=1S/C42H23N3S2/c1-4-12-34-28(9-1)33-22-31(25-17-18-37-32(21-25)29-10-2-5-13-35(29)46-37)38-30-11-3-6-14-36(30)47-42(38)41(33)45(34)27-20-26-16-15-24-8-7-19-43-39(24)40(26)44-23-27/h1-23H. The van der Waals surface area contributed by atoms with Gasteiger partial charge in [-0.15, -0.1) is 22.7 Å². The Balaban J connectivity index is 1.27. The molecular weight excluding hydrogens is 611 g/mol. The van der Waals surface area contributed by atoms with Gasteiger partial charge in [-0.05, 0) is 59.7 Å². The molecule has 5 aromatic heterocycles. The maximum Gasteiger partial charge on any atom is 0.0966 e. The average molecular weight is 634 g/mol. The number of nitrogens with zero attached hydrogens (tertiary/aromatic N) is 3. The lowest BCUT2D eigenvalue weighted by Crippen LogP contribution is -1.96. The van der Waals surface area contributed by atoms with Crippen molar-refractivity contribution in [1.29, 1.82) is 0 Å². The van der Waals surface area contributed by atoms with Crippen LogP contribution in [0.5, 0.6) is 0 Å². The molecule has 5 heteroatoms. The van der Waals surface area contributed by atoms with Gasteiger partial charge in [0.25, 0.3) is 0 Å². The normalized spacial score (nSPS) is 12.3. The van der Waals surface area contributed by atoms with Gasteiger partial charge in [0.05, 0.1) is 38.7 Å². The molecule has 0 atom stereocenters. The second-order valence-electron chi connectivity index (χ2n) is 12.2. The van der Waals surface area contributed by atoms with Crippen molar-refractivity contribution in [3.05, 3.63) is 140 Å². The molecule has 0 radical (unpaired) electrons. The topological polar surface area (TPSA) is 30.7 Å². The lowest BCUT2D eigenvalue weighted by molar-refractivity contribution is 1.17. The Bertz CT molecular complexity index is 3090. The van der Waals surface area contributed by atoms with Crippen LogP contribution in [0.25, 0.3) is 101 Å². The largest absolute Gasteiger partial charge is 0.306 e. The molecule has 3 nitrogen and oxygen atoms in total. The van der Waals surface area contributed by atoms with Gasteiger partial charge in [0.1, 0.15) is 0 Å². The third-order valence-corrected chi connectivity index (χ3v) is 12.0. The zero-order chi connectivity index (χ0) is 30.6. The number of rotatable bonds is 2. The van der Waals surface area contributed by atoms with Gasteiger partial charge in [0, 0.05) is 63.4 Å². The Kier molecular flexibility index (Phi) is 5.14. The highest BCUT2D eigenvalue weighted by atomic mass is 32.1. The predicted octanol–water partition coefficient (Wildman–Crippen LogP) is 12.3. The van der Waals surface area contributed by atoms with Crippen LogP contribution in [0.15, 0.2) is 140 Å². The lowest BCUT2D eigenvalue weighted by Gasteiger charge is -2.12. The van der Waals surface area contributed by atoms with Crippen molar-refractivity contribution in [3.63, 3.8) is 0 Å². The summed E-state index contributed by atoms with van der Waals surface area (Å²) in [5.41, 5.74) is 7.85. The molecule has 11 aromatic rings. The second-order valence-corrected chi connectivity index (χ2v) is 14.3. The highest BCUT2D eigenvalue weighted by Gasteiger charge is 2.22. The predicted molar refractivity (Wildman–Crippen MR) is 203 cm³/mol. The minimum Gasteiger partial charge on any atom is -0.306 e. The molecular formula is C42H23N3S2. The summed E-state index contributed by atoms with van der Waals surface area (Å²) in [6, 6.07) is 46.5. The molecule has 0 spiro atoms. The van der Waals surface area contributed by atoms with Gasteiger partial charge >= 0.3 is 0 Å². The van der Waals surface area contributed by atoms with Crippen molar-refractivity contribution < 1.29 is 0 Å². The van der Waals surface area contributed by atoms with Crippen LogP contribution in [0.4, 0.5) is 0 Å². The van der Waals surface area contributed by atoms with E-state index in [0.717, 1.165) is 27.5 Å². The fourth-order valence-electron chi connectivity index (χ4n) is 7.57. The molecule has 0 saturated carbocycles. The van der Waals surface area contributed by atoms with Crippen LogP contribution < -0.4 is 0 Å². The van der Waals surface area contributed by atoms with Crippen LogP contribution in [0, 0.1) is 0 Å². The molecule has 218 valence electrons. The minimum absolute atomic E-state index is 0.929. The first-order valence-corrected chi connectivity index (χ1v) is 17.4. The molecule has 6 aromatic carbocycles. The minimum atomic E-state index is 0.929. The summed E-state index contributed by atoms with van der Waals surface area (Å²) in [6.07, 6.45) is 3.86. The van der Waals surface area contributed by atoms with Crippen LogP contribution in [0.3, 0.4) is 0 Å². The third-order valence-electron chi connectivity index (χ3n) is 9.64. The Morgan fingerprint density at radius 1 is 0.511 bits per heavy atom. The molecule has 0 amide bonds. The van der Waals surface area contributed by atoms with E-state index >= 15 is 0 Å². The number of fused-ring (bicyclic) bond motifs is 13. The highest BCUT2D eigenvalue weighted by molar-refractivity contribution is 7.27. The first-order chi connectivity index (χ1) is 23.3. The summed E-state index contributed by atoms with van der Waals surface area (Å²) >= 11 is 3.76. The molecule has 0 aliphatic rings. The third kappa shape index (κ3) is 3.55. The SMILES string of the molecule is c1cnc2c(c1)ccc1cc(-n3c4ccccc4c4cc(-c5ccc6sc7ccccc7c6c5)c5c6ccccc6sc5c43)cnc12. The number of pyridine rings is 2. The summed E-state index contributed by atoms with van der Waals surface area (Å²) in [7, 11) is 0. The van der Waals surface area contributed by atoms with E-state index in [1.165, 1.54) is 73.3 Å². The molecule has 11 rings (SSSR count). The van der Waals surface area contributed by atoms with Crippen molar-refractivity contribution in [2.75, 3.05) is 0 Å². The van der Waals surface area contributed by atoms with E-state index < -0.39 is 0 Å². The van der Waals surface area contributed by atoms with E-state index in [9.17, 15) is 0 Å². The Hall–Kier alpha value is -5.62. The van der Waals surface area contributed by atoms with Crippen molar-refractivity contribution >= 4 is 107 Å². The van der Waals surface area contributed by atoms with Gasteiger partial charge in [-0.25, -0.2) is 0 Å². The first-order valence-electron chi connectivity index (χ1n) is 15.7. The van der Waals surface area contributed by atoms with E-state index in [4.69, 9.17) is 4.98 Å².